The van der Waals surface area contributed by atoms with Crippen LogP contribution in [0.5, 0.6) is 11.5 Å². The highest BCUT2D eigenvalue weighted by atomic mass is 79.9. The molecule has 0 amide bonds. The van der Waals surface area contributed by atoms with Gasteiger partial charge in [0.05, 0.1) is 0 Å². The number of hydrogen-bond donors (Lipinski definition) is 3. The third kappa shape index (κ3) is 2.70. The van der Waals surface area contributed by atoms with Gasteiger partial charge in [0.25, 0.3) is 0 Å². The van der Waals surface area contributed by atoms with Crippen LogP contribution in [0.2, 0.25) is 0 Å². The van der Waals surface area contributed by atoms with E-state index in [1.807, 2.05) is 0 Å². The van der Waals surface area contributed by atoms with E-state index in [1.54, 1.807) is 12.1 Å². The summed E-state index contributed by atoms with van der Waals surface area (Å²) in [5.74, 6) is -0.153. The zero-order chi connectivity index (χ0) is 5.98. The molecule has 0 fully saturated rings. The Labute approximate surface area is 69.7 Å². The first-order valence-electron chi connectivity index (χ1n) is 2.27. The van der Waals surface area contributed by atoms with Crippen molar-refractivity contribution in [2.75, 3.05) is 0 Å². The van der Waals surface area contributed by atoms with E-state index < -0.39 is 0 Å². The molecule has 0 saturated heterocycles. The first-order chi connectivity index (χ1) is 3.80. The van der Waals surface area contributed by atoms with Gasteiger partial charge in [0, 0.05) is 0 Å². The summed E-state index contributed by atoms with van der Waals surface area (Å²) in [6.45, 7) is 0. The van der Waals surface area contributed by atoms with Crippen molar-refractivity contribution in [1.29, 1.82) is 0 Å². The standard InChI is InChI=1S/C6H6O2.BrH.H3N/c7-5-3-1-2-4-6(5)8;;/h1-4,7-8H;1H;1H3. The van der Waals surface area contributed by atoms with Crippen molar-refractivity contribution < 1.29 is 10.2 Å². The fourth-order valence-corrected chi connectivity index (χ4v) is 0.464. The Hall–Kier alpha value is -0.740. The second-order valence-corrected chi connectivity index (χ2v) is 1.49. The van der Waals surface area contributed by atoms with Crippen LogP contribution in [0, 0.1) is 0 Å². The largest absolute Gasteiger partial charge is 0.504 e. The minimum absolute atomic E-state index is 0. The number of aromatic hydroxyl groups is 2. The van der Waals surface area contributed by atoms with Crippen LogP contribution in [0.15, 0.2) is 24.3 Å². The molecule has 3 nitrogen and oxygen atoms in total. The van der Waals surface area contributed by atoms with Crippen molar-refractivity contribution >= 4 is 17.0 Å². The Morgan fingerprint density at radius 3 is 1.40 bits per heavy atom. The summed E-state index contributed by atoms with van der Waals surface area (Å²) in [4.78, 5) is 0. The molecule has 0 spiro atoms. The van der Waals surface area contributed by atoms with Crippen LogP contribution in [0.25, 0.3) is 0 Å². The van der Waals surface area contributed by atoms with Gasteiger partial charge in [-0.15, -0.1) is 17.0 Å². The molecule has 0 heterocycles. The van der Waals surface area contributed by atoms with E-state index in [1.165, 1.54) is 12.1 Å². The molecule has 1 aromatic carbocycles. The molecule has 0 radical (unpaired) electrons. The summed E-state index contributed by atoms with van der Waals surface area (Å²) in [5.41, 5.74) is 0. The van der Waals surface area contributed by atoms with Gasteiger partial charge >= 0.3 is 0 Å². The number of rotatable bonds is 0. The highest BCUT2D eigenvalue weighted by Gasteiger charge is 1.90. The number of benzene rings is 1. The summed E-state index contributed by atoms with van der Waals surface area (Å²) < 4.78 is 0. The summed E-state index contributed by atoms with van der Waals surface area (Å²) in [5, 5.41) is 17.3. The molecular weight excluding hydrogens is 198 g/mol. The van der Waals surface area contributed by atoms with Crippen LogP contribution in [0.1, 0.15) is 0 Å². The monoisotopic (exact) mass is 207 g/mol. The molecule has 0 saturated carbocycles. The maximum absolute atomic E-state index is 8.67. The topological polar surface area (TPSA) is 75.5 Å². The average molecular weight is 208 g/mol. The Bertz CT molecular complexity index is 172. The lowest BCUT2D eigenvalue weighted by Gasteiger charge is -1.91. The first-order valence-corrected chi connectivity index (χ1v) is 2.27. The highest BCUT2D eigenvalue weighted by Crippen LogP contribution is 2.21. The van der Waals surface area contributed by atoms with Gasteiger partial charge in [0.2, 0.25) is 0 Å². The van der Waals surface area contributed by atoms with Crippen molar-refractivity contribution in [2.24, 2.45) is 0 Å². The lowest BCUT2D eigenvalue weighted by molar-refractivity contribution is 0.404. The quantitative estimate of drug-likeness (QED) is 0.569. The normalized spacial score (nSPS) is 7.20. The molecule has 0 bridgehead atoms. The van der Waals surface area contributed by atoms with E-state index in [-0.39, 0.29) is 34.6 Å². The van der Waals surface area contributed by atoms with E-state index in [4.69, 9.17) is 10.2 Å². The van der Waals surface area contributed by atoms with Crippen LogP contribution in [-0.4, -0.2) is 10.2 Å². The van der Waals surface area contributed by atoms with Gasteiger partial charge in [-0.1, -0.05) is 12.1 Å². The molecule has 0 aliphatic carbocycles. The van der Waals surface area contributed by atoms with E-state index in [9.17, 15) is 0 Å². The fourth-order valence-electron chi connectivity index (χ4n) is 0.464. The van der Waals surface area contributed by atoms with Crippen molar-refractivity contribution in [1.82, 2.24) is 6.15 Å². The van der Waals surface area contributed by atoms with Crippen LogP contribution in [0.4, 0.5) is 0 Å². The van der Waals surface area contributed by atoms with Gasteiger partial charge in [-0.05, 0) is 12.1 Å². The number of para-hydroxylation sites is 2. The van der Waals surface area contributed by atoms with Gasteiger partial charge in [0.1, 0.15) is 0 Å². The van der Waals surface area contributed by atoms with Crippen LogP contribution in [0.3, 0.4) is 0 Å². The van der Waals surface area contributed by atoms with Gasteiger partial charge in [0.15, 0.2) is 11.5 Å². The predicted molar refractivity (Wildman–Crippen MR) is 45.1 cm³/mol. The SMILES string of the molecule is Br.N.Oc1ccccc1O. The molecule has 1 rings (SSSR count). The van der Waals surface area contributed by atoms with E-state index in [0.29, 0.717) is 0 Å². The average Bonchev–Trinajstić information content (AvgIpc) is 1.77. The molecule has 0 aliphatic rings. The van der Waals surface area contributed by atoms with Crippen LogP contribution >= 0.6 is 17.0 Å². The Kier molecular flexibility index (Phi) is 6.09. The molecule has 0 aromatic heterocycles. The van der Waals surface area contributed by atoms with E-state index in [2.05, 4.69) is 0 Å². The molecule has 0 unspecified atom stereocenters. The summed E-state index contributed by atoms with van der Waals surface area (Å²) in [6, 6.07) is 6.15. The molecule has 10 heavy (non-hydrogen) atoms. The number of phenols is 2. The van der Waals surface area contributed by atoms with Crippen molar-refractivity contribution in [3.05, 3.63) is 24.3 Å². The Balaban J connectivity index is 0. The molecular formula is C6H10BrNO2. The van der Waals surface area contributed by atoms with Crippen molar-refractivity contribution in [2.45, 2.75) is 0 Å². The summed E-state index contributed by atoms with van der Waals surface area (Å²) in [7, 11) is 0. The number of phenolic OH excluding ortho intramolecular Hbond substituents is 2. The smallest absolute Gasteiger partial charge is 0.157 e. The molecule has 58 valence electrons. The van der Waals surface area contributed by atoms with Crippen LogP contribution in [-0.2, 0) is 0 Å². The molecule has 5 N–H and O–H groups in total. The molecule has 0 aliphatic heterocycles. The minimum atomic E-state index is -0.0764. The van der Waals surface area contributed by atoms with E-state index in [0.717, 1.165) is 0 Å². The zero-order valence-electron chi connectivity index (χ0n) is 5.32. The van der Waals surface area contributed by atoms with Crippen molar-refractivity contribution in [3.8, 4) is 11.5 Å². The van der Waals surface area contributed by atoms with Gasteiger partial charge in [-0.2, -0.15) is 0 Å². The van der Waals surface area contributed by atoms with Gasteiger partial charge in [-0.25, -0.2) is 0 Å². The number of halogens is 1. The minimum Gasteiger partial charge on any atom is -0.504 e. The van der Waals surface area contributed by atoms with Gasteiger partial charge < -0.3 is 16.4 Å². The highest BCUT2D eigenvalue weighted by molar-refractivity contribution is 8.93. The Morgan fingerprint density at radius 2 is 1.20 bits per heavy atom. The third-order valence-corrected chi connectivity index (χ3v) is 0.882. The lowest BCUT2D eigenvalue weighted by atomic mass is 10.3. The molecule has 4 heteroatoms. The first kappa shape index (κ1) is 12.0. The second-order valence-electron chi connectivity index (χ2n) is 1.49. The second kappa shape index (κ2) is 5.08. The lowest BCUT2D eigenvalue weighted by Crippen LogP contribution is -1.63. The maximum Gasteiger partial charge on any atom is 0.157 e. The number of hydrogen-bond acceptors (Lipinski definition) is 3. The van der Waals surface area contributed by atoms with Gasteiger partial charge in [-0.3, -0.25) is 0 Å². The molecule has 0 atom stereocenters. The van der Waals surface area contributed by atoms with Crippen molar-refractivity contribution in [3.63, 3.8) is 0 Å². The fraction of sp³-hybridized carbons (Fsp3) is 0. The predicted octanol–water partition coefficient (Wildman–Crippen LogP) is 1.84. The molecule has 1 aromatic rings. The summed E-state index contributed by atoms with van der Waals surface area (Å²) in [6.07, 6.45) is 0. The van der Waals surface area contributed by atoms with Crippen LogP contribution < -0.4 is 6.15 Å². The maximum atomic E-state index is 8.67. The van der Waals surface area contributed by atoms with E-state index >= 15 is 0 Å². The Morgan fingerprint density at radius 1 is 0.900 bits per heavy atom. The summed E-state index contributed by atoms with van der Waals surface area (Å²) >= 11 is 0. The third-order valence-electron chi connectivity index (χ3n) is 0.882. The zero-order valence-corrected chi connectivity index (χ0v) is 7.03.